The Labute approximate surface area is 333 Å². The summed E-state index contributed by atoms with van der Waals surface area (Å²) in [7, 11) is -4.66. The zero-order valence-electron chi connectivity index (χ0n) is 34.1. The lowest BCUT2D eigenvalue weighted by Crippen LogP contribution is -2.29. The third-order valence-electron chi connectivity index (χ3n) is 8.44. The van der Waals surface area contributed by atoms with Gasteiger partial charge in [-0.3, -0.25) is 13.8 Å². The molecule has 10 nitrogen and oxygen atoms in total. The topological polar surface area (TPSA) is 149 Å². The maximum Gasteiger partial charge on any atom is 0.472 e. The average Bonchev–Trinajstić information content (AvgIpc) is 3.17. The zero-order valence-corrected chi connectivity index (χ0v) is 35.0. The minimum atomic E-state index is -4.66. The van der Waals surface area contributed by atoms with Crippen molar-refractivity contribution in [3.8, 4) is 0 Å². The molecule has 0 fully saturated rings. The predicted molar refractivity (Wildman–Crippen MR) is 223 cm³/mol. The van der Waals surface area contributed by atoms with Crippen molar-refractivity contribution in [2.24, 2.45) is 0 Å². The van der Waals surface area contributed by atoms with Gasteiger partial charge in [0.05, 0.1) is 19.8 Å². The molecule has 0 spiro atoms. The van der Waals surface area contributed by atoms with Crippen molar-refractivity contribution in [3.05, 3.63) is 72.9 Å². The number of carbonyl (C=O) groups is 2. The van der Waals surface area contributed by atoms with Crippen LogP contribution in [0.1, 0.15) is 155 Å². The third-order valence-corrected chi connectivity index (χ3v) is 9.39. The van der Waals surface area contributed by atoms with Crippen LogP contribution in [-0.4, -0.2) is 65.7 Å². The van der Waals surface area contributed by atoms with Crippen LogP contribution in [0.5, 0.6) is 0 Å². The second-order valence-corrected chi connectivity index (χ2v) is 15.2. The van der Waals surface area contributed by atoms with Crippen molar-refractivity contribution in [3.63, 3.8) is 0 Å². The number of phosphoric ester groups is 1. The monoisotopic (exact) mass is 795 g/mol. The smallest absolute Gasteiger partial charge is 0.462 e. The van der Waals surface area contributed by atoms with Gasteiger partial charge in [0.2, 0.25) is 0 Å². The van der Waals surface area contributed by atoms with Gasteiger partial charge < -0.3 is 24.6 Å². The highest BCUT2D eigenvalue weighted by Gasteiger charge is 2.26. The molecule has 0 saturated heterocycles. The number of ether oxygens (including phenoxy) is 2. The van der Waals surface area contributed by atoms with Gasteiger partial charge in [0.15, 0.2) is 6.10 Å². The molecule has 0 radical (unpaired) electrons. The molecule has 0 rings (SSSR count). The first-order valence-corrected chi connectivity index (χ1v) is 22.4. The summed E-state index contributed by atoms with van der Waals surface area (Å²) in [4.78, 5) is 34.8. The molecule has 0 bridgehead atoms. The van der Waals surface area contributed by atoms with Gasteiger partial charge in [-0.05, 0) is 57.8 Å². The molecule has 0 aromatic heterocycles. The van der Waals surface area contributed by atoms with Crippen LogP contribution in [0.2, 0.25) is 0 Å². The first-order valence-electron chi connectivity index (χ1n) is 20.9. The second-order valence-electron chi connectivity index (χ2n) is 13.7. The van der Waals surface area contributed by atoms with Gasteiger partial charge in [-0.2, -0.15) is 0 Å². The normalized spacial score (nSPS) is 14.6. The number of unbranched alkanes of at least 4 members (excludes halogenated alkanes) is 15. The van der Waals surface area contributed by atoms with Crippen molar-refractivity contribution in [2.45, 2.75) is 167 Å². The van der Waals surface area contributed by atoms with Crippen LogP contribution < -0.4 is 0 Å². The first-order chi connectivity index (χ1) is 26.7. The fraction of sp³-hybridized carbons (Fsp3) is 0.682. The molecule has 0 aliphatic heterocycles. The Morgan fingerprint density at radius 2 is 1.07 bits per heavy atom. The largest absolute Gasteiger partial charge is 0.472 e. The number of esters is 2. The average molecular weight is 795 g/mol. The van der Waals surface area contributed by atoms with E-state index in [4.69, 9.17) is 19.1 Å². The van der Waals surface area contributed by atoms with Gasteiger partial charge in [-0.25, -0.2) is 9.36 Å². The van der Waals surface area contributed by atoms with E-state index in [2.05, 4.69) is 54.8 Å². The van der Waals surface area contributed by atoms with Crippen LogP contribution in [0.3, 0.4) is 0 Å². The van der Waals surface area contributed by atoms with E-state index in [1.54, 1.807) is 12.2 Å². The molecule has 0 aromatic carbocycles. The van der Waals surface area contributed by atoms with Crippen molar-refractivity contribution < 1.29 is 47.8 Å². The number of hydrogen-bond acceptors (Lipinski definition) is 9. The lowest BCUT2D eigenvalue weighted by molar-refractivity contribution is -0.157. The van der Waals surface area contributed by atoms with E-state index < -0.39 is 58.4 Å². The molecule has 11 heteroatoms. The minimum absolute atomic E-state index is 0.143. The molecule has 0 aliphatic carbocycles. The number of aliphatic hydroxyl groups excluding tert-OH is 2. The first kappa shape index (κ1) is 52.4. The van der Waals surface area contributed by atoms with Crippen LogP contribution in [0.15, 0.2) is 72.9 Å². The summed E-state index contributed by atoms with van der Waals surface area (Å²) in [6, 6.07) is 0. The quantitative estimate of drug-likeness (QED) is 0.0138. The molecule has 55 heavy (non-hydrogen) atoms. The number of carbonyl (C=O) groups excluding carboxylic acids is 2. The number of hydrogen-bond donors (Lipinski definition) is 3. The van der Waals surface area contributed by atoms with Gasteiger partial charge >= 0.3 is 19.8 Å². The van der Waals surface area contributed by atoms with E-state index in [9.17, 15) is 24.2 Å². The molecule has 0 aliphatic rings. The molecule has 0 heterocycles. The number of aliphatic hydroxyl groups is 2. The molecular weight excluding hydrogens is 719 g/mol. The molecule has 1 unspecified atom stereocenters. The summed E-state index contributed by atoms with van der Waals surface area (Å²) in [6.07, 6.45) is 45.1. The fourth-order valence-corrected chi connectivity index (χ4v) is 5.98. The Morgan fingerprint density at radius 1 is 0.600 bits per heavy atom. The highest BCUT2D eigenvalue weighted by molar-refractivity contribution is 7.47. The molecule has 316 valence electrons. The summed E-state index contributed by atoms with van der Waals surface area (Å²) >= 11 is 0. The van der Waals surface area contributed by atoms with E-state index in [-0.39, 0.29) is 6.42 Å². The van der Waals surface area contributed by atoms with Crippen LogP contribution in [0.25, 0.3) is 0 Å². The Balaban J connectivity index is 4.53. The molecular formula is C44H75O10P. The molecule has 0 amide bonds. The lowest BCUT2D eigenvalue weighted by atomic mass is 10.1. The number of rotatable bonds is 38. The summed E-state index contributed by atoms with van der Waals surface area (Å²) in [6.45, 7) is 2.15. The Kier molecular flexibility index (Phi) is 37.8. The lowest BCUT2D eigenvalue weighted by Gasteiger charge is -2.19. The van der Waals surface area contributed by atoms with E-state index in [1.165, 1.54) is 89.5 Å². The van der Waals surface area contributed by atoms with Crippen LogP contribution in [0, 0.1) is 0 Å². The molecule has 0 saturated carbocycles. The fourth-order valence-electron chi connectivity index (χ4n) is 5.19. The van der Waals surface area contributed by atoms with Crippen molar-refractivity contribution in [1.29, 1.82) is 0 Å². The Hall–Kier alpha value is -2.59. The van der Waals surface area contributed by atoms with Crippen LogP contribution >= 0.6 is 7.82 Å². The molecule has 3 atom stereocenters. The van der Waals surface area contributed by atoms with Crippen molar-refractivity contribution in [1.82, 2.24) is 0 Å². The van der Waals surface area contributed by atoms with Gasteiger partial charge in [0.25, 0.3) is 0 Å². The highest BCUT2D eigenvalue weighted by atomic mass is 31.2. The third kappa shape index (κ3) is 39.4. The maximum atomic E-state index is 12.5. The molecule has 0 aromatic rings. The van der Waals surface area contributed by atoms with E-state index in [0.717, 1.165) is 38.5 Å². The van der Waals surface area contributed by atoms with Crippen molar-refractivity contribution >= 4 is 19.8 Å². The second kappa shape index (κ2) is 39.6. The van der Waals surface area contributed by atoms with Gasteiger partial charge in [-0.15, -0.1) is 0 Å². The van der Waals surface area contributed by atoms with E-state index >= 15 is 0 Å². The predicted octanol–water partition coefficient (Wildman–Crippen LogP) is 10.9. The number of phosphoric acid groups is 1. The van der Waals surface area contributed by atoms with Crippen molar-refractivity contribution in [2.75, 3.05) is 26.4 Å². The molecule has 3 N–H and O–H groups in total. The summed E-state index contributed by atoms with van der Waals surface area (Å²) in [5.41, 5.74) is 0. The SMILES string of the molecule is CCCCC/C=C/C/C=C/C/C=C/C/C=C/CCCC(=O)OC[C@H](COP(=O)(O)OC[C@@H](O)CO)OC(=O)/C=C/C=C/CCCCCCCCCCCCC. The summed E-state index contributed by atoms with van der Waals surface area (Å²) < 4.78 is 32.4. The summed E-state index contributed by atoms with van der Waals surface area (Å²) in [5, 5.41) is 18.3. The standard InChI is InChI=1S/C44H75O10P/c1-3-5-7-9-11-13-15-17-19-20-22-23-25-27-29-31-33-35-43(47)51-39-42(40-53-55(49,50)52-38-41(46)37-45)54-44(48)36-34-32-30-28-26-24-21-18-16-14-12-10-8-6-4-2/h11,13,17,19,22-23,27,29-30,32,34,36,41-42,45-46H,3-10,12,14-16,18,20-21,24-26,28,31,33,35,37-40H2,1-2H3,(H,49,50)/b13-11+,19-17+,23-22+,29-27+,32-30+,36-34+/t41-,42+/m0/s1. The summed E-state index contributed by atoms with van der Waals surface area (Å²) in [5.74, 6) is -1.25. The van der Waals surface area contributed by atoms with Crippen LogP contribution in [-0.2, 0) is 32.7 Å². The minimum Gasteiger partial charge on any atom is -0.462 e. The van der Waals surface area contributed by atoms with E-state index in [1.807, 2.05) is 18.2 Å². The zero-order chi connectivity index (χ0) is 40.5. The Morgan fingerprint density at radius 3 is 1.65 bits per heavy atom. The van der Waals surface area contributed by atoms with Gasteiger partial charge in [0.1, 0.15) is 12.7 Å². The highest BCUT2D eigenvalue weighted by Crippen LogP contribution is 2.43. The maximum absolute atomic E-state index is 12.5. The van der Waals surface area contributed by atoms with Crippen LogP contribution in [0.4, 0.5) is 0 Å². The number of allylic oxidation sites excluding steroid dienone is 11. The van der Waals surface area contributed by atoms with Gasteiger partial charge in [0, 0.05) is 12.5 Å². The van der Waals surface area contributed by atoms with E-state index in [0.29, 0.717) is 12.8 Å². The van der Waals surface area contributed by atoms with Gasteiger partial charge in [-0.1, -0.05) is 158 Å². The Bertz CT molecular complexity index is 1140.